The number of carbonyl (C=O) groups excluding carboxylic acids is 2. The molecule has 1 aromatic rings. The van der Waals surface area contributed by atoms with Crippen molar-refractivity contribution in [2.45, 2.75) is 25.7 Å². The predicted octanol–water partition coefficient (Wildman–Crippen LogP) is 1.71. The number of rotatable bonds is 4. The molecule has 1 saturated carbocycles. The van der Waals surface area contributed by atoms with E-state index < -0.39 is 5.97 Å². The first-order valence-corrected chi connectivity index (χ1v) is 7.23. The van der Waals surface area contributed by atoms with Crippen LogP contribution in [0.15, 0.2) is 24.3 Å². The van der Waals surface area contributed by atoms with Gasteiger partial charge in [0.2, 0.25) is 11.8 Å². The number of aromatic carboxylic acids is 1. The van der Waals surface area contributed by atoms with Crippen molar-refractivity contribution in [2.24, 2.45) is 11.8 Å². The number of piperidine rings is 1. The molecule has 1 saturated heterocycles. The molecule has 2 aliphatic rings. The molecule has 0 radical (unpaired) electrons. The van der Waals surface area contributed by atoms with Gasteiger partial charge in [0.25, 0.3) is 0 Å². The van der Waals surface area contributed by atoms with Crippen molar-refractivity contribution in [2.75, 3.05) is 6.54 Å². The second kappa shape index (κ2) is 5.31. The molecule has 2 fully saturated rings. The Hall–Kier alpha value is -2.17. The Morgan fingerprint density at radius 1 is 1.10 bits per heavy atom. The van der Waals surface area contributed by atoms with Gasteiger partial charge in [-0.25, -0.2) is 4.79 Å². The van der Waals surface area contributed by atoms with E-state index in [1.807, 2.05) is 0 Å². The molecular formula is C16H17NO4. The van der Waals surface area contributed by atoms with E-state index in [2.05, 4.69) is 0 Å². The molecule has 1 aromatic carbocycles. The third-order valence-electron chi connectivity index (χ3n) is 4.49. The number of fused-ring (bicyclic) bond motifs is 2. The number of carboxylic acids is 1. The number of carbonyl (C=O) groups is 3. The number of amides is 2. The minimum absolute atomic E-state index is 0.0297. The first kappa shape index (κ1) is 13.8. The van der Waals surface area contributed by atoms with Crippen LogP contribution >= 0.6 is 0 Å². The number of hydrogen-bond acceptors (Lipinski definition) is 3. The van der Waals surface area contributed by atoms with Crippen molar-refractivity contribution >= 4 is 17.8 Å². The molecule has 3 rings (SSSR count). The van der Waals surface area contributed by atoms with Crippen LogP contribution in [0.4, 0.5) is 0 Å². The maximum Gasteiger partial charge on any atom is 0.335 e. The summed E-state index contributed by atoms with van der Waals surface area (Å²) >= 11 is 0. The van der Waals surface area contributed by atoms with E-state index in [0.717, 1.165) is 24.8 Å². The van der Waals surface area contributed by atoms with Crippen LogP contribution in [0.25, 0.3) is 0 Å². The summed E-state index contributed by atoms with van der Waals surface area (Å²) in [6.45, 7) is 0.386. The lowest BCUT2D eigenvalue weighted by molar-refractivity contribution is -0.152. The molecule has 1 heterocycles. The Morgan fingerprint density at radius 3 is 2.19 bits per heavy atom. The average molecular weight is 287 g/mol. The topological polar surface area (TPSA) is 74.7 Å². The minimum atomic E-state index is -0.959. The van der Waals surface area contributed by atoms with Crippen molar-refractivity contribution in [1.82, 2.24) is 4.90 Å². The lowest BCUT2D eigenvalue weighted by atomic mass is 9.96. The summed E-state index contributed by atoms with van der Waals surface area (Å²) in [7, 11) is 0. The quantitative estimate of drug-likeness (QED) is 0.855. The molecule has 1 aliphatic carbocycles. The van der Waals surface area contributed by atoms with Gasteiger partial charge in [-0.05, 0) is 43.4 Å². The predicted molar refractivity (Wildman–Crippen MR) is 74.7 cm³/mol. The van der Waals surface area contributed by atoms with E-state index in [1.165, 1.54) is 4.90 Å². The van der Waals surface area contributed by atoms with E-state index >= 15 is 0 Å². The molecule has 2 amide bonds. The van der Waals surface area contributed by atoms with Gasteiger partial charge in [0.15, 0.2) is 0 Å². The zero-order valence-electron chi connectivity index (χ0n) is 11.6. The molecule has 2 unspecified atom stereocenters. The van der Waals surface area contributed by atoms with Gasteiger partial charge in [-0.3, -0.25) is 14.5 Å². The second-order valence-electron chi connectivity index (χ2n) is 5.79. The van der Waals surface area contributed by atoms with Gasteiger partial charge in [-0.15, -0.1) is 0 Å². The number of nitrogens with zero attached hydrogens (tertiary/aromatic N) is 1. The third-order valence-corrected chi connectivity index (χ3v) is 4.49. The SMILES string of the molecule is O=C(O)c1ccc(CCN2C(=O)C3CCC(C3)C2=O)cc1. The molecule has 2 atom stereocenters. The maximum absolute atomic E-state index is 12.2. The van der Waals surface area contributed by atoms with E-state index in [-0.39, 0.29) is 29.2 Å². The molecule has 5 heteroatoms. The van der Waals surface area contributed by atoms with Crippen molar-refractivity contribution < 1.29 is 19.5 Å². The Bertz CT molecular complexity index is 571. The fourth-order valence-corrected chi connectivity index (χ4v) is 3.25. The number of likely N-dealkylation sites (tertiary alicyclic amines) is 1. The lowest BCUT2D eigenvalue weighted by Gasteiger charge is -2.29. The fourth-order valence-electron chi connectivity index (χ4n) is 3.25. The highest BCUT2D eigenvalue weighted by atomic mass is 16.4. The Labute approximate surface area is 122 Å². The van der Waals surface area contributed by atoms with E-state index in [1.54, 1.807) is 24.3 Å². The number of benzene rings is 1. The normalized spacial score (nSPS) is 24.5. The van der Waals surface area contributed by atoms with Crippen molar-refractivity contribution in [3.63, 3.8) is 0 Å². The van der Waals surface area contributed by atoms with Gasteiger partial charge in [-0.1, -0.05) is 12.1 Å². The summed E-state index contributed by atoms with van der Waals surface area (Å²) in [6.07, 6.45) is 2.95. The summed E-state index contributed by atoms with van der Waals surface area (Å²) < 4.78 is 0. The Balaban J connectivity index is 1.65. The van der Waals surface area contributed by atoms with Gasteiger partial charge in [0.05, 0.1) is 5.56 Å². The number of hydrogen-bond donors (Lipinski definition) is 1. The average Bonchev–Trinajstić information content (AvgIpc) is 2.93. The molecule has 1 N–H and O–H groups in total. The highest BCUT2D eigenvalue weighted by molar-refractivity contribution is 6.00. The Kier molecular flexibility index (Phi) is 3.49. The summed E-state index contributed by atoms with van der Waals surface area (Å²) in [4.78, 5) is 36.6. The van der Waals surface area contributed by atoms with Gasteiger partial charge < -0.3 is 5.11 Å². The van der Waals surface area contributed by atoms with Gasteiger partial charge in [-0.2, -0.15) is 0 Å². The molecule has 2 bridgehead atoms. The molecule has 0 aromatic heterocycles. The first-order valence-electron chi connectivity index (χ1n) is 7.23. The highest BCUT2D eigenvalue weighted by Crippen LogP contribution is 2.38. The second-order valence-corrected chi connectivity index (χ2v) is 5.79. The van der Waals surface area contributed by atoms with Crippen molar-refractivity contribution in [3.8, 4) is 0 Å². The summed E-state index contributed by atoms with van der Waals surface area (Å²) in [5, 5.41) is 8.85. The first-order chi connectivity index (χ1) is 10.1. The number of imide groups is 1. The highest BCUT2D eigenvalue weighted by Gasteiger charge is 2.44. The standard InChI is InChI=1S/C16H17NO4/c18-14-12-5-6-13(9-12)15(19)17(14)8-7-10-1-3-11(4-2-10)16(20)21/h1-4,12-13H,5-9H2,(H,20,21). The largest absolute Gasteiger partial charge is 0.478 e. The van der Waals surface area contributed by atoms with Crippen LogP contribution in [-0.2, 0) is 16.0 Å². The molecule has 110 valence electrons. The third kappa shape index (κ3) is 2.55. The minimum Gasteiger partial charge on any atom is -0.478 e. The van der Waals surface area contributed by atoms with E-state index in [4.69, 9.17) is 5.11 Å². The molecule has 1 aliphatic heterocycles. The Morgan fingerprint density at radius 2 is 1.67 bits per heavy atom. The summed E-state index contributed by atoms with van der Waals surface area (Å²) in [5.41, 5.74) is 1.17. The molecule has 5 nitrogen and oxygen atoms in total. The van der Waals surface area contributed by atoms with Crippen LogP contribution in [-0.4, -0.2) is 34.3 Å². The van der Waals surface area contributed by atoms with Crippen LogP contribution in [0.1, 0.15) is 35.2 Å². The zero-order chi connectivity index (χ0) is 15.0. The monoisotopic (exact) mass is 287 g/mol. The number of carboxylic acid groups (broad SMARTS) is 1. The fraction of sp³-hybridized carbons (Fsp3) is 0.438. The van der Waals surface area contributed by atoms with E-state index in [9.17, 15) is 14.4 Å². The van der Waals surface area contributed by atoms with Crippen LogP contribution < -0.4 is 0 Å². The molecule has 21 heavy (non-hydrogen) atoms. The summed E-state index contributed by atoms with van der Waals surface area (Å²) in [5.74, 6) is -0.963. The van der Waals surface area contributed by atoms with Crippen LogP contribution in [0.2, 0.25) is 0 Å². The zero-order valence-corrected chi connectivity index (χ0v) is 11.6. The van der Waals surface area contributed by atoms with Crippen molar-refractivity contribution in [3.05, 3.63) is 35.4 Å². The van der Waals surface area contributed by atoms with Gasteiger partial charge in [0.1, 0.15) is 0 Å². The smallest absolute Gasteiger partial charge is 0.335 e. The maximum atomic E-state index is 12.2. The van der Waals surface area contributed by atoms with E-state index in [0.29, 0.717) is 13.0 Å². The van der Waals surface area contributed by atoms with Gasteiger partial charge >= 0.3 is 5.97 Å². The van der Waals surface area contributed by atoms with Gasteiger partial charge in [0, 0.05) is 18.4 Å². The summed E-state index contributed by atoms with van der Waals surface area (Å²) in [6, 6.07) is 6.55. The van der Waals surface area contributed by atoms with Crippen LogP contribution in [0.3, 0.4) is 0 Å². The van der Waals surface area contributed by atoms with Crippen molar-refractivity contribution in [1.29, 1.82) is 0 Å². The van der Waals surface area contributed by atoms with Crippen LogP contribution in [0, 0.1) is 11.8 Å². The lowest BCUT2D eigenvalue weighted by Crippen LogP contribution is -2.47. The molecule has 0 spiro atoms. The van der Waals surface area contributed by atoms with Crippen LogP contribution in [0.5, 0.6) is 0 Å². The molecular weight excluding hydrogens is 270 g/mol.